The Kier molecular flexibility index (Phi) is 3.75. The number of rotatable bonds is 2. The van der Waals surface area contributed by atoms with Crippen LogP contribution in [0, 0.1) is 11.3 Å². The molecule has 2 saturated heterocycles. The summed E-state index contributed by atoms with van der Waals surface area (Å²) in [4.78, 5) is 21.9. The summed E-state index contributed by atoms with van der Waals surface area (Å²) in [5.41, 5.74) is 0.619. The predicted octanol–water partition coefficient (Wildman–Crippen LogP) is 2.76. The number of morpholine rings is 1. The summed E-state index contributed by atoms with van der Waals surface area (Å²) in [5.74, 6) is 0.0849. The van der Waals surface area contributed by atoms with Crippen molar-refractivity contribution in [3.05, 3.63) is 22.4 Å². The molecule has 1 aromatic heterocycles. The van der Waals surface area contributed by atoms with Crippen molar-refractivity contribution in [2.75, 3.05) is 18.0 Å². The van der Waals surface area contributed by atoms with Crippen LogP contribution in [0.5, 0.6) is 0 Å². The van der Waals surface area contributed by atoms with Crippen LogP contribution >= 0.6 is 15.9 Å². The topological polar surface area (TPSA) is 69.5 Å². The molecule has 2 bridgehead atoms. The van der Waals surface area contributed by atoms with Gasteiger partial charge in [-0.2, -0.15) is 5.26 Å². The number of amides is 1. The lowest BCUT2D eigenvalue weighted by atomic mass is 9.71. The van der Waals surface area contributed by atoms with Gasteiger partial charge in [0.25, 0.3) is 0 Å². The number of anilines is 1. The molecule has 2 atom stereocenters. The summed E-state index contributed by atoms with van der Waals surface area (Å²) in [7, 11) is 0. The van der Waals surface area contributed by atoms with E-state index in [9.17, 15) is 10.1 Å². The molecular formula is C20H23BrN4O2. The quantitative estimate of drug-likeness (QED) is 0.721. The van der Waals surface area contributed by atoms with Gasteiger partial charge in [0, 0.05) is 42.6 Å². The zero-order valence-electron chi connectivity index (χ0n) is 15.6. The zero-order chi connectivity index (χ0) is 19.0. The Labute approximate surface area is 167 Å². The van der Waals surface area contributed by atoms with Crippen molar-refractivity contribution in [1.82, 2.24) is 9.88 Å². The number of ether oxygens (including phenoxy) is 1. The first-order valence-electron chi connectivity index (χ1n) is 9.65. The van der Waals surface area contributed by atoms with Crippen LogP contribution in [0.1, 0.15) is 45.2 Å². The minimum Gasteiger partial charge on any atom is -0.372 e. The fraction of sp³-hybridized carbons (Fsp3) is 0.650. The molecule has 6 nitrogen and oxygen atoms in total. The average molecular weight is 431 g/mol. The van der Waals surface area contributed by atoms with Crippen molar-refractivity contribution in [2.45, 2.75) is 68.7 Å². The van der Waals surface area contributed by atoms with Crippen LogP contribution in [0.15, 0.2) is 16.7 Å². The fourth-order valence-corrected chi connectivity index (χ4v) is 5.57. The highest BCUT2D eigenvalue weighted by molar-refractivity contribution is 9.10. The number of nitriles is 1. The van der Waals surface area contributed by atoms with Gasteiger partial charge >= 0.3 is 0 Å². The molecule has 4 aliphatic rings. The number of fused-ring (bicyclic) bond motifs is 3. The Morgan fingerprint density at radius 3 is 2.59 bits per heavy atom. The molecule has 5 rings (SSSR count). The molecule has 1 saturated carbocycles. The molecule has 0 radical (unpaired) electrons. The van der Waals surface area contributed by atoms with Crippen molar-refractivity contribution in [1.29, 1.82) is 5.26 Å². The number of nitrogens with zero attached hydrogens (tertiary/aromatic N) is 4. The second kappa shape index (κ2) is 5.76. The van der Waals surface area contributed by atoms with E-state index in [1.807, 2.05) is 24.8 Å². The molecule has 142 valence electrons. The van der Waals surface area contributed by atoms with E-state index in [-0.39, 0.29) is 24.2 Å². The molecule has 0 N–H and O–H groups in total. The SMILES string of the molecule is CC1(C)C(=O)N([C@H]2C[C@@](C#N)(N3CC4CCC(C3)O4)C2)c2cc(Br)cnc21. The Bertz CT molecular complexity index is 846. The van der Waals surface area contributed by atoms with Gasteiger partial charge in [0.05, 0.1) is 35.1 Å². The van der Waals surface area contributed by atoms with Gasteiger partial charge in [0.1, 0.15) is 5.54 Å². The van der Waals surface area contributed by atoms with Gasteiger partial charge in [0.2, 0.25) is 5.91 Å². The molecule has 27 heavy (non-hydrogen) atoms. The summed E-state index contributed by atoms with van der Waals surface area (Å²) < 4.78 is 6.81. The van der Waals surface area contributed by atoms with Crippen LogP contribution < -0.4 is 4.90 Å². The number of hydrogen-bond donors (Lipinski definition) is 0. The lowest BCUT2D eigenvalue weighted by Gasteiger charge is -2.54. The number of pyridine rings is 1. The van der Waals surface area contributed by atoms with Gasteiger partial charge in [-0.3, -0.25) is 14.7 Å². The van der Waals surface area contributed by atoms with E-state index in [1.165, 1.54) is 0 Å². The van der Waals surface area contributed by atoms with Crippen molar-refractivity contribution in [2.24, 2.45) is 0 Å². The zero-order valence-corrected chi connectivity index (χ0v) is 17.2. The Morgan fingerprint density at radius 2 is 1.96 bits per heavy atom. The van der Waals surface area contributed by atoms with Crippen molar-refractivity contribution >= 4 is 27.5 Å². The maximum absolute atomic E-state index is 13.2. The monoisotopic (exact) mass is 430 g/mol. The van der Waals surface area contributed by atoms with E-state index in [4.69, 9.17) is 4.74 Å². The first-order chi connectivity index (χ1) is 12.8. The van der Waals surface area contributed by atoms with Crippen LogP contribution in [0.3, 0.4) is 0 Å². The van der Waals surface area contributed by atoms with Gasteiger partial charge in [-0.15, -0.1) is 0 Å². The van der Waals surface area contributed by atoms with Crippen LogP contribution in [0.25, 0.3) is 0 Å². The first kappa shape index (κ1) is 17.6. The Morgan fingerprint density at radius 1 is 1.30 bits per heavy atom. The number of hydrogen-bond acceptors (Lipinski definition) is 5. The van der Waals surface area contributed by atoms with Crippen LogP contribution in [-0.4, -0.2) is 52.7 Å². The number of likely N-dealkylation sites (tertiary alicyclic amines) is 1. The Balaban J connectivity index is 1.41. The van der Waals surface area contributed by atoms with E-state index in [2.05, 4.69) is 31.9 Å². The van der Waals surface area contributed by atoms with Crippen LogP contribution in [0.4, 0.5) is 5.69 Å². The molecular weight excluding hydrogens is 408 g/mol. The Hall–Kier alpha value is -1.49. The summed E-state index contributed by atoms with van der Waals surface area (Å²) >= 11 is 3.48. The molecule has 3 aliphatic heterocycles. The molecule has 0 spiro atoms. The van der Waals surface area contributed by atoms with Gasteiger partial charge in [-0.05, 0) is 48.7 Å². The van der Waals surface area contributed by atoms with E-state index < -0.39 is 11.0 Å². The number of carbonyl (C=O) groups is 1. The van der Waals surface area contributed by atoms with Gasteiger partial charge < -0.3 is 9.64 Å². The molecule has 4 heterocycles. The van der Waals surface area contributed by atoms with E-state index in [0.29, 0.717) is 12.8 Å². The van der Waals surface area contributed by atoms with Gasteiger partial charge in [-0.1, -0.05) is 0 Å². The van der Waals surface area contributed by atoms with Crippen molar-refractivity contribution in [3.8, 4) is 6.07 Å². The van der Waals surface area contributed by atoms with E-state index >= 15 is 0 Å². The number of aromatic nitrogens is 1. The lowest BCUT2D eigenvalue weighted by molar-refractivity contribution is -0.124. The summed E-state index contributed by atoms with van der Waals surface area (Å²) in [6, 6.07) is 4.62. The standard InChI is InChI=1S/C20H23BrN4O2/c1-19(2)17-16(5-12(21)8-23-17)25(18(19)26)13-6-20(7-13,11-22)24-9-14-3-4-15(10-24)27-14/h5,8,13-15H,3-4,6-7,9-10H2,1-2H3/t13-,14?,15?,20+. The third-order valence-electron chi connectivity index (χ3n) is 6.81. The van der Waals surface area contributed by atoms with Gasteiger partial charge in [0.15, 0.2) is 0 Å². The smallest absolute Gasteiger partial charge is 0.239 e. The molecule has 3 fully saturated rings. The normalized spacial score (nSPS) is 37.0. The lowest BCUT2D eigenvalue weighted by Crippen LogP contribution is -2.66. The second-order valence-corrected chi connectivity index (χ2v) is 9.80. The third-order valence-corrected chi connectivity index (χ3v) is 7.24. The van der Waals surface area contributed by atoms with Crippen molar-refractivity contribution in [3.63, 3.8) is 0 Å². The molecule has 0 aromatic carbocycles. The molecule has 1 aliphatic carbocycles. The average Bonchev–Trinajstić information content (AvgIpc) is 3.03. The molecule has 2 unspecified atom stereocenters. The van der Waals surface area contributed by atoms with E-state index in [0.717, 1.165) is 41.8 Å². The minimum atomic E-state index is -0.626. The largest absolute Gasteiger partial charge is 0.372 e. The molecule has 1 aromatic rings. The molecule has 7 heteroatoms. The second-order valence-electron chi connectivity index (χ2n) is 8.89. The third kappa shape index (κ3) is 2.43. The fourth-order valence-electron chi connectivity index (χ4n) is 5.26. The minimum absolute atomic E-state index is 0.0503. The summed E-state index contributed by atoms with van der Waals surface area (Å²) in [6.07, 6.45) is 5.85. The van der Waals surface area contributed by atoms with Crippen LogP contribution in [0.2, 0.25) is 0 Å². The first-order valence-corrected chi connectivity index (χ1v) is 10.4. The molecule has 1 amide bonds. The maximum atomic E-state index is 13.2. The summed E-state index contributed by atoms with van der Waals surface area (Å²) in [6.45, 7) is 5.54. The summed E-state index contributed by atoms with van der Waals surface area (Å²) in [5, 5.41) is 9.99. The number of carbonyl (C=O) groups excluding carboxylic acids is 1. The van der Waals surface area contributed by atoms with E-state index in [1.54, 1.807) is 6.20 Å². The highest BCUT2D eigenvalue weighted by Crippen LogP contribution is 2.50. The number of halogens is 1. The maximum Gasteiger partial charge on any atom is 0.239 e. The highest BCUT2D eigenvalue weighted by atomic mass is 79.9. The predicted molar refractivity (Wildman–Crippen MR) is 103 cm³/mol. The van der Waals surface area contributed by atoms with Gasteiger partial charge in [-0.25, -0.2) is 0 Å². The highest BCUT2D eigenvalue weighted by Gasteiger charge is 2.58. The van der Waals surface area contributed by atoms with Crippen LogP contribution in [-0.2, 0) is 14.9 Å². The van der Waals surface area contributed by atoms with Crippen molar-refractivity contribution < 1.29 is 9.53 Å².